The fourth-order valence-corrected chi connectivity index (χ4v) is 3.07. The number of hydrogen-bond donors (Lipinski definition) is 2. The van der Waals surface area contributed by atoms with E-state index in [4.69, 9.17) is 12.2 Å². The van der Waals surface area contributed by atoms with Gasteiger partial charge in [-0.2, -0.15) is 0 Å². The topological polar surface area (TPSA) is 27.3 Å². The molecule has 3 nitrogen and oxygen atoms in total. The second-order valence-electron chi connectivity index (χ2n) is 6.26. The molecule has 1 aliphatic carbocycles. The van der Waals surface area contributed by atoms with Gasteiger partial charge in [0.15, 0.2) is 5.11 Å². The van der Waals surface area contributed by atoms with Gasteiger partial charge >= 0.3 is 0 Å². The van der Waals surface area contributed by atoms with Gasteiger partial charge in [-0.25, -0.2) is 0 Å². The lowest BCUT2D eigenvalue weighted by molar-refractivity contribution is 0.308. The number of nitrogens with one attached hydrogen (secondary N) is 2. The predicted molar refractivity (Wildman–Crippen MR) is 94.8 cm³/mol. The van der Waals surface area contributed by atoms with E-state index in [0.717, 1.165) is 17.6 Å². The summed E-state index contributed by atoms with van der Waals surface area (Å²) in [5, 5.41) is 7.59. The Morgan fingerprint density at radius 3 is 2.48 bits per heavy atom. The monoisotopic (exact) mass is 305 g/mol. The van der Waals surface area contributed by atoms with Crippen molar-refractivity contribution in [2.24, 2.45) is 5.92 Å². The summed E-state index contributed by atoms with van der Waals surface area (Å²) in [5.74, 6) is 0.720. The van der Waals surface area contributed by atoms with Crippen LogP contribution < -0.4 is 15.5 Å². The van der Waals surface area contributed by atoms with Gasteiger partial charge in [0.05, 0.1) is 0 Å². The maximum absolute atomic E-state index is 5.42. The van der Waals surface area contributed by atoms with Crippen LogP contribution in [0.1, 0.15) is 38.2 Å². The summed E-state index contributed by atoms with van der Waals surface area (Å²) in [6.45, 7) is 3.10. The number of thiocarbonyl (C=S) groups is 1. The molecule has 0 aromatic heterocycles. The molecule has 4 heteroatoms. The standard InChI is InChI=1S/C17H27N3S/c1-13-6-4-5-7-16(13)19-17(21)18-12-14-8-10-15(11-9-14)20(2)3/h8-11,13,16H,4-7,12H2,1-3H3,(H2,18,19,21)/t13-,16+/m0/s1. The van der Waals surface area contributed by atoms with E-state index in [2.05, 4.69) is 60.8 Å². The zero-order valence-electron chi connectivity index (χ0n) is 13.4. The lowest BCUT2D eigenvalue weighted by Gasteiger charge is -2.30. The summed E-state index contributed by atoms with van der Waals surface area (Å²) in [6.07, 6.45) is 5.22. The van der Waals surface area contributed by atoms with Crippen molar-refractivity contribution in [3.05, 3.63) is 29.8 Å². The van der Waals surface area contributed by atoms with Crippen LogP contribution in [-0.2, 0) is 6.54 Å². The first-order valence-corrected chi connectivity index (χ1v) is 8.27. The van der Waals surface area contributed by atoms with Crippen molar-refractivity contribution in [1.82, 2.24) is 10.6 Å². The number of nitrogens with zero attached hydrogens (tertiary/aromatic N) is 1. The Labute approximate surface area is 134 Å². The summed E-state index contributed by atoms with van der Waals surface area (Å²) in [4.78, 5) is 2.11. The molecule has 0 spiro atoms. The van der Waals surface area contributed by atoms with Crippen molar-refractivity contribution in [3.8, 4) is 0 Å². The molecule has 1 aliphatic rings. The summed E-state index contributed by atoms with van der Waals surface area (Å²) in [6, 6.07) is 9.10. The first kappa shape index (κ1) is 16.1. The van der Waals surface area contributed by atoms with Gasteiger partial charge in [-0.15, -0.1) is 0 Å². The molecule has 0 unspecified atom stereocenters. The minimum absolute atomic E-state index is 0.537. The van der Waals surface area contributed by atoms with Crippen LogP contribution in [0.3, 0.4) is 0 Å². The fraction of sp³-hybridized carbons (Fsp3) is 0.588. The van der Waals surface area contributed by atoms with Gasteiger partial charge in [0.25, 0.3) is 0 Å². The molecule has 2 N–H and O–H groups in total. The molecule has 2 rings (SSSR count). The molecule has 21 heavy (non-hydrogen) atoms. The summed E-state index contributed by atoms with van der Waals surface area (Å²) < 4.78 is 0. The normalized spacial score (nSPS) is 21.7. The second-order valence-corrected chi connectivity index (χ2v) is 6.66. The van der Waals surface area contributed by atoms with Gasteiger partial charge in [-0.1, -0.05) is 31.9 Å². The van der Waals surface area contributed by atoms with Crippen molar-refractivity contribution < 1.29 is 0 Å². The number of rotatable bonds is 4. The van der Waals surface area contributed by atoms with E-state index >= 15 is 0 Å². The van der Waals surface area contributed by atoms with Crippen LogP contribution in [0.4, 0.5) is 5.69 Å². The Morgan fingerprint density at radius 2 is 1.86 bits per heavy atom. The zero-order valence-corrected chi connectivity index (χ0v) is 14.2. The molecule has 0 bridgehead atoms. The number of hydrogen-bond acceptors (Lipinski definition) is 2. The van der Waals surface area contributed by atoms with Gasteiger partial charge in [0.1, 0.15) is 0 Å². The highest BCUT2D eigenvalue weighted by Crippen LogP contribution is 2.23. The maximum atomic E-state index is 5.42. The Balaban J connectivity index is 1.78. The van der Waals surface area contributed by atoms with E-state index in [9.17, 15) is 0 Å². The molecule has 1 fully saturated rings. The molecule has 116 valence electrons. The van der Waals surface area contributed by atoms with E-state index in [0.29, 0.717) is 6.04 Å². The SMILES string of the molecule is C[C@H]1CCCC[C@H]1NC(=S)NCc1ccc(N(C)C)cc1. The average molecular weight is 305 g/mol. The summed E-state index contributed by atoms with van der Waals surface area (Å²) >= 11 is 5.42. The fourth-order valence-electron chi connectivity index (χ4n) is 2.84. The molecule has 0 amide bonds. The van der Waals surface area contributed by atoms with Crippen molar-refractivity contribution in [1.29, 1.82) is 0 Å². The van der Waals surface area contributed by atoms with Crippen LogP contribution in [0.15, 0.2) is 24.3 Å². The maximum Gasteiger partial charge on any atom is 0.166 e. The zero-order chi connectivity index (χ0) is 15.2. The van der Waals surface area contributed by atoms with E-state index in [1.165, 1.54) is 36.9 Å². The van der Waals surface area contributed by atoms with Gasteiger partial charge in [0.2, 0.25) is 0 Å². The highest BCUT2D eigenvalue weighted by molar-refractivity contribution is 7.80. The second kappa shape index (κ2) is 7.64. The number of anilines is 1. The lowest BCUT2D eigenvalue weighted by atomic mass is 9.86. The van der Waals surface area contributed by atoms with E-state index in [-0.39, 0.29) is 0 Å². The van der Waals surface area contributed by atoms with Gasteiger partial charge in [0, 0.05) is 32.4 Å². The van der Waals surface area contributed by atoms with E-state index in [1.54, 1.807) is 0 Å². The molecule has 1 aromatic carbocycles. The molecule has 0 radical (unpaired) electrons. The van der Waals surface area contributed by atoms with Crippen molar-refractivity contribution in [3.63, 3.8) is 0 Å². The predicted octanol–water partition coefficient (Wildman–Crippen LogP) is 3.30. The molecular weight excluding hydrogens is 278 g/mol. The largest absolute Gasteiger partial charge is 0.378 e. The minimum Gasteiger partial charge on any atom is -0.378 e. The summed E-state index contributed by atoms with van der Waals surface area (Å²) in [7, 11) is 4.11. The van der Waals surface area contributed by atoms with Crippen LogP contribution in [0.5, 0.6) is 0 Å². The Morgan fingerprint density at radius 1 is 1.19 bits per heavy atom. The third kappa shape index (κ3) is 4.88. The molecule has 1 saturated carbocycles. The van der Waals surface area contributed by atoms with Crippen molar-refractivity contribution in [2.45, 2.75) is 45.2 Å². The van der Waals surface area contributed by atoms with Crippen LogP contribution >= 0.6 is 12.2 Å². The third-order valence-corrected chi connectivity index (χ3v) is 4.60. The molecule has 1 aromatic rings. The van der Waals surface area contributed by atoms with Gasteiger partial charge in [-0.3, -0.25) is 0 Å². The van der Waals surface area contributed by atoms with Gasteiger partial charge in [-0.05, 0) is 48.7 Å². The first-order chi connectivity index (χ1) is 10.1. The van der Waals surface area contributed by atoms with E-state index in [1.807, 2.05) is 0 Å². The lowest BCUT2D eigenvalue weighted by Crippen LogP contribution is -2.45. The highest BCUT2D eigenvalue weighted by Gasteiger charge is 2.21. The smallest absolute Gasteiger partial charge is 0.166 e. The van der Waals surface area contributed by atoms with E-state index < -0.39 is 0 Å². The average Bonchev–Trinajstić information content (AvgIpc) is 2.48. The Hall–Kier alpha value is -1.29. The minimum atomic E-state index is 0.537. The molecule has 2 atom stereocenters. The molecule has 0 aliphatic heterocycles. The Bertz CT molecular complexity index is 456. The highest BCUT2D eigenvalue weighted by atomic mass is 32.1. The van der Waals surface area contributed by atoms with Crippen molar-refractivity contribution >= 4 is 23.0 Å². The first-order valence-electron chi connectivity index (χ1n) is 7.87. The molecular formula is C17H27N3S. The molecule has 0 saturated heterocycles. The van der Waals surface area contributed by atoms with Crippen LogP contribution in [-0.4, -0.2) is 25.2 Å². The van der Waals surface area contributed by atoms with Crippen LogP contribution in [0.25, 0.3) is 0 Å². The van der Waals surface area contributed by atoms with Crippen LogP contribution in [0, 0.1) is 5.92 Å². The summed E-state index contributed by atoms with van der Waals surface area (Å²) in [5.41, 5.74) is 2.47. The Kier molecular flexibility index (Phi) is 5.85. The van der Waals surface area contributed by atoms with Crippen LogP contribution in [0.2, 0.25) is 0 Å². The molecule has 0 heterocycles. The third-order valence-electron chi connectivity index (χ3n) is 4.33. The van der Waals surface area contributed by atoms with Gasteiger partial charge < -0.3 is 15.5 Å². The van der Waals surface area contributed by atoms with Crippen molar-refractivity contribution in [2.75, 3.05) is 19.0 Å². The quantitative estimate of drug-likeness (QED) is 0.835. The number of benzene rings is 1.